The van der Waals surface area contributed by atoms with Crippen molar-refractivity contribution < 1.29 is 19.5 Å². The van der Waals surface area contributed by atoms with Crippen molar-refractivity contribution in [1.29, 1.82) is 0 Å². The van der Waals surface area contributed by atoms with Crippen LogP contribution >= 0.6 is 0 Å². The molecule has 0 radical (unpaired) electrons. The van der Waals surface area contributed by atoms with Gasteiger partial charge in [0.15, 0.2) is 0 Å². The summed E-state index contributed by atoms with van der Waals surface area (Å²) in [6.07, 6.45) is 2.75. The molecule has 2 aromatic carbocycles. The molecule has 0 fully saturated rings. The predicted octanol–water partition coefficient (Wildman–Crippen LogP) is 2.47. The maximum absolute atomic E-state index is 11.0. The number of aliphatic imine (C=N–C) groups is 2. The molecule has 1 N–H and O–H groups in total. The van der Waals surface area contributed by atoms with E-state index in [9.17, 15) is 14.4 Å². The van der Waals surface area contributed by atoms with E-state index in [1.165, 1.54) is 30.4 Å². The molecule has 0 aliphatic heterocycles. The lowest BCUT2D eigenvalue weighted by atomic mass is 10.0. The van der Waals surface area contributed by atoms with Gasteiger partial charge < -0.3 is 5.11 Å². The van der Waals surface area contributed by atoms with Gasteiger partial charge in [0, 0.05) is 5.39 Å². The van der Waals surface area contributed by atoms with E-state index in [1.54, 1.807) is 12.1 Å². The SMILES string of the molecule is O=C=Nc1cccc2cc(C(=O)O)cc(N=C=O)c12. The summed E-state index contributed by atoms with van der Waals surface area (Å²) in [6, 6.07) is 7.41. The van der Waals surface area contributed by atoms with E-state index in [1.807, 2.05) is 0 Å². The van der Waals surface area contributed by atoms with Crippen LogP contribution in [-0.4, -0.2) is 23.2 Å². The van der Waals surface area contributed by atoms with Crippen LogP contribution in [0.25, 0.3) is 10.8 Å². The van der Waals surface area contributed by atoms with Crippen molar-refractivity contribution in [2.75, 3.05) is 0 Å². The molecule has 0 spiro atoms. The van der Waals surface area contributed by atoms with Crippen LogP contribution in [0.15, 0.2) is 40.3 Å². The minimum absolute atomic E-state index is 0.0197. The topological polar surface area (TPSA) is 96.2 Å². The lowest BCUT2D eigenvalue weighted by Crippen LogP contribution is -1.95. The van der Waals surface area contributed by atoms with Crippen molar-refractivity contribution >= 4 is 40.3 Å². The third-order valence-corrected chi connectivity index (χ3v) is 2.51. The average Bonchev–Trinajstić information content (AvgIpc) is 2.39. The van der Waals surface area contributed by atoms with Crippen LogP contribution in [0.5, 0.6) is 0 Å². The smallest absolute Gasteiger partial charge is 0.335 e. The molecule has 0 unspecified atom stereocenters. The van der Waals surface area contributed by atoms with Gasteiger partial charge in [-0.15, -0.1) is 0 Å². The second kappa shape index (κ2) is 5.06. The van der Waals surface area contributed by atoms with E-state index in [-0.39, 0.29) is 16.9 Å². The fourth-order valence-electron chi connectivity index (χ4n) is 1.79. The molecule has 0 aliphatic rings. The first-order valence-electron chi connectivity index (χ1n) is 5.13. The largest absolute Gasteiger partial charge is 0.478 e. The number of benzene rings is 2. The molecule has 0 amide bonds. The monoisotopic (exact) mass is 254 g/mol. The lowest BCUT2D eigenvalue weighted by molar-refractivity contribution is 0.0697. The summed E-state index contributed by atoms with van der Waals surface area (Å²) in [6.45, 7) is 0. The summed E-state index contributed by atoms with van der Waals surface area (Å²) in [5.74, 6) is -1.14. The van der Waals surface area contributed by atoms with Crippen LogP contribution in [0.1, 0.15) is 10.4 Å². The first-order chi connectivity index (χ1) is 9.17. The number of fused-ring (bicyclic) bond motifs is 1. The van der Waals surface area contributed by atoms with E-state index >= 15 is 0 Å². The number of hydrogen-bond donors (Lipinski definition) is 1. The molecular weight excluding hydrogens is 248 g/mol. The van der Waals surface area contributed by atoms with Crippen molar-refractivity contribution in [2.24, 2.45) is 9.98 Å². The Morgan fingerprint density at radius 3 is 2.37 bits per heavy atom. The van der Waals surface area contributed by atoms with E-state index < -0.39 is 5.97 Å². The lowest BCUT2D eigenvalue weighted by Gasteiger charge is -2.05. The van der Waals surface area contributed by atoms with Gasteiger partial charge in [-0.1, -0.05) is 12.1 Å². The normalized spacial score (nSPS) is 9.47. The predicted molar refractivity (Wildman–Crippen MR) is 66.5 cm³/mol. The van der Waals surface area contributed by atoms with E-state index in [0.717, 1.165) is 0 Å². The second-order valence-electron chi connectivity index (χ2n) is 3.58. The maximum atomic E-state index is 11.0. The van der Waals surface area contributed by atoms with Gasteiger partial charge in [0.1, 0.15) is 0 Å². The summed E-state index contributed by atoms with van der Waals surface area (Å²) in [5, 5.41) is 9.89. The fourth-order valence-corrected chi connectivity index (χ4v) is 1.79. The van der Waals surface area contributed by atoms with Gasteiger partial charge in [-0.2, -0.15) is 9.98 Å². The molecule has 0 heterocycles. The zero-order chi connectivity index (χ0) is 13.8. The van der Waals surface area contributed by atoms with Gasteiger partial charge in [0.05, 0.1) is 16.9 Å². The van der Waals surface area contributed by atoms with E-state index in [2.05, 4.69) is 9.98 Å². The number of hydrogen-bond acceptors (Lipinski definition) is 5. The third kappa shape index (κ3) is 2.30. The highest BCUT2D eigenvalue weighted by Crippen LogP contribution is 2.35. The minimum Gasteiger partial charge on any atom is -0.478 e. The Morgan fingerprint density at radius 2 is 1.74 bits per heavy atom. The Balaban J connectivity index is 2.94. The van der Waals surface area contributed by atoms with Crippen molar-refractivity contribution in [1.82, 2.24) is 0 Å². The Labute approximate surface area is 106 Å². The molecule has 2 rings (SSSR count). The third-order valence-electron chi connectivity index (χ3n) is 2.51. The molecule has 0 bridgehead atoms. The minimum atomic E-state index is -1.14. The van der Waals surface area contributed by atoms with Crippen molar-refractivity contribution in [2.45, 2.75) is 0 Å². The number of carboxylic acid groups (broad SMARTS) is 1. The van der Waals surface area contributed by atoms with Crippen LogP contribution in [0.3, 0.4) is 0 Å². The summed E-state index contributed by atoms with van der Waals surface area (Å²) in [5.41, 5.74) is 0.340. The molecule has 0 saturated carbocycles. The van der Waals surface area contributed by atoms with Gasteiger partial charge in [0.2, 0.25) is 12.2 Å². The van der Waals surface area contributed by atoms with Crippen LogP contribution < -0.4 is 0 Å². The number of nitrogens with zero attached hydrogens (tertiary/aromatic N) is 2. The molecule has 0 saturated heterocycles. The molecule has 92 valence electrons. The Kier molecular flexibility index (Phi) is 3.30. The highest BCUT2D eigenvalue weighted by Gasteiger charge is 2.11. The van der Waals surface area contributed by atoms with Gasteiger partial charge in [-0.25, -0.2) is 14.4 Å². The van der Waals surface area contributed by atoms with Crippen LogP contribution in [-0.2, 0) is 9.59 Å². The fraction of sp³-hybridized carbons (Fsp3) is 0. The van der Waals surface area contributed by atoms with Gasteiger partial charge in [-0.3, -0.25) is 0 Å². The molecule has 0 aromatic heterocycles. The van der Waals surface area contributed by atoms with Crippen LogP contribution in [0.2, 0.25) is 0 Å². The number of carbonyl (C=O) groups is 1. The number of aromatic carboxylic acids is 1. The number of carboxylic acids is 1. The highest BCUT2D eigenvalue weighted by molar-refractivity contribution is 6.06. The molecule has 0 aliphatic carbocycles. The molecule has 6 heteroatoms. The highest BCUT2D eigenvalue weighted by atomic mass is 16.4. The first-order valence-corrected chi connectivity index (χ1v) is 5.13. The summed E-state index contributed by atoms with van der Waals surface area (Å²) >= 11 is 0. The Morgan fingerprint density at radius 1 is 1.05 bits per heavy atom. The number of carbonyl (C=O) groups excluding carboxylic acids is 2. The Bertz CT molecular complexity index is 770. The van der Waals surface area contributed by atoms with Crippen molar-refractivity contribution in [3.8, 4) is 0 Å². The average molecular weight is 254 g/mol. The molecule has 0 atom stereocenters. The van der Waals surface area contributed by atoms with Gasteiger partial charge in [0.25, 0.3) is 0 Å². The zero-order valence-corrected chi connectivity index (χ0v) is 9.45. The molecule has 6 nitrogen and oxygen atoms in total. The van der Waals surface area contributed by atoms with Crippen LogP contribution in [0.4, 0.5) is 11.4 Å². The van der Waals surface area contributed by atoms with Crippen LogP contribution in [0, 0.1) is 0 Å². The van der Waals surface area contributed by atoms with E-state index in [4.69, 9.17) is 5.11 Å². The first kappa shape index (κ1) is 12.4. The summed E-state index contributed by atoms with van der Waals surface area (Å²) in [4.78, 5) is 38.7. The molecule has 2 aromatic rings. The zero-order valence-electron chi connectivity index (χ0n) is 9.45. The summed E-state index contributed by atoms with van der Waals surface area (Å²) in [7, 11) is 0. The number of isocyanates is 2. The van der Waals surface area contributed by atoms with Crippen molar-refractivity contribution in [3.05, 3.63) is 35.9 Å². The van der Waals surface area contributed by atoms with Crippen molar-refractivity contribution in [3.63, 3.8) is 0 Å². The molecular formula is C13H6N2O4. The number of rotatable bonds is 3. The van der Waals surface area contributed by atoms with Gasteiger partial charge in [-0.05, 0) is 23.6 Å². The molecule has 19 heavy (non-hydrogen) atoms. The summed E-state index contributed by atoms with van der Waals surface area (Å²) < 4.78 is 0. The van der Waals surface area contributed by atoms with Gasteiger partial charge >= 0.3 is 5.97 Å². The van der Waals surface area contributed by atoms with E-state index in [0.29, 0.717) is 10.8 Å². The quantitative estimate of drug-likeness (QED) is 0.672. The Hall–Kier alpha value is -3.07. The maximum Gasteiger partial charge on any atom is 0.335 e. The standard InChI is InChI=1S/C13H6N2O4/c16-6-14-10-3-1-2-8-4-9(13(18)19)5-11(12(8)10)15-7-17/h1-5H,(H,18,19). The second-order valence-corrected chi connectivity index (χ2v) is 3.58.